The number of amides is 1. The Labute approximate surface area is 120 Å². The first-order valence-corrected chi connectivity index (χ1v) is 7.27. The van der Waals surface area contributed by atoms with Crippen molar-refractivity contribution in [1.29, 1.82) is 0 Å². The molecule has 4 heteroatoms. The average Bonchev–Trinajstić information content (AvgIpc) is 2.41. The van der Waals surface area contributed by atoms with E-state index in [4.69, 9.17) is 17.3 Å². The third-order valence-corrected chi connectivity index (χ3v) is 3.33. The molecule has 3 nitrogen and oxygen atoms in total. The molecule has 1 aromatic rings. The summed E-state index contributed by atoms with van der Waals surface area (Å²) in [5.41, 5.74) is 6.51. The Balaban J connectivity index is 2.46. The smallest absolute Gasteiger partial charge is 0.222 e. The lowest BCUT2D eigenvalue weighted by atomic mass is 10.1. The van der Waals surface area contributed by atoms with E-state index in [1.54, 1.807) is 0 Å². The molecule has 0 fully saturated rings. The topological polar surface area (TPSA) is 46.3 Å². The summed E-state index contributed by atoms with van der Waals surface area (Å²) in [6.45, 7) is 4.06. The van der Waals surface area contributed by atoms with Crippen molar-refractivity contribution in [2.24, 2.45) is 5.73 Å². The number of nitrogens with two attached hydrogens (primary N) is 1. The van der Waals surface area contributed by atoms with E-state index in [9.17, 15) is 4.79 Å². The number of hydrogen-bond donors (Lipinski definition) is 1. The van der Waals surface area contributed by atoms with Gasteiger partial charge in [-0.1, -0.05) is 30.2 Å². The minimum absolute atomic E-state index is 0.208. The van der Waals surface area contributed by atoms with Gasteiger partial charge in [-0.15, -0.1) is 0 Å². The van der Waals surface area contributed by atoms with Gasteiger partial charge in [0, 0.05) is 24.5 Å². The van der Waals surface area contributed by atoms with Gasteiger partial charge >= 0.3 is 0 Å². The number of unbranched alkanes of at least 4 members (excludes halogenated alkanes) is 2. The fourth-order valence-electron chi connectivity index (χ4n) is 1.99. The molecule has 0 saturated carbocycles. The minimum atomic E-state index is 0.208. The van der Waals surface area contributed by atoms with E-state index in [-0.39, 0.29) is 5.91 Å². The summed E-state index contributed by atoms with van der Waals surface area (Å²) in [6.07, 6.45) is 3.54. The maximum Gasteiger partial charge on any atom is 0.222 e. The maximum absolute atomic E-state index is 12.1. The first-order chi connectivity index (χ1) is 9.17. The number of nitrogens with zero attached hydrogens (tertiary/aromatic N) is 1. The highest BCUT2D eigenvalue weighted by Gasteiger charge is 2.11. The van der Waals surface area contributed by atoms with E-state index in [0.29, 0.717) is 24.5 Å². The molecular formula is C15H23ClN2O. The van der Waals surface area contributed by atoms with Crippen LogP contribution in [0.5, 0.6) is 0 Å². The van der Waals surface area contributed by atoms with E-state index >= 15 is 0 Å². The minimum Gasteiger partial charge on any atom is -0.339 e. The van der Waals surface area contributed by atoms with Gasteiger partial charge in [-0.3, -0.25) is 4.79 Å². The van der Waals surface area contributed by atoms with Crippen molar-refractivity contribution >= 4 is 17.5 Å². The second-order valence-electron chi connectivity index (χ2n) is 4.64. The summed E-state index contributed by atoms with van der Waals surface area (Å²) in [7, 11) is 0. The van der Waals surface area contributed by atoms with Crippen LogP contribution in [-0.2, 0) is 11.3 Å². The van der Waals surface area contributed by atoms with Crippen molar-refractivity contribution in [3.05, 3.63) is 34.9 Å². The molecule has 0 atom stereocenters. The summed E-state index contributed by atoms with van der Waals surface area (Å²) in [4.78, 5) is 14.0. The molecule has 1 amide bonds. The second kappa shape index (κ2) is 8.94. The highest BCUT2D eigenvalue weighted by atomic mass is 35.5. The van der Waals surface area contributed by atoms with E-state index in [1.165, 1.54) is 0 Å². The molecular weight excluding hydrogens is 260 g/mol. The van der Waals surface area contributed by atoms with Crippen molar-refractivity contribution in [2.75, 3.05) is 13.1 Å². The van der Waals surface area contributed by atoms with Crippen LogP contribution >= 0.6 is 11.6 Å². The number of halogens is 1. The molecule has 0 spiro atoms. The summed E-state index contributed by atoms with van der Waals surface area (Å²) in [5, 5.41) is 0.712. The van der Waals surface area contributed by atoms with Gasteiger partial charge in [0.05, 0.1) is 0 Å². The van der Waals surface area contributed by atoms with Crippen molar-refractivity contribution in [1.82, 2.24) is 4.90 Å². The molecule has 0 unspecified atom stereocenters. The van der Waals surface area contributed by atoms with Gasteiger partial charge in [0.1, 0.15) is 0 Å². The first-order valence-electron chi connectivity index (χ1n) is 6.89. The number of hydrogen-bond acceptors (Lipinski definition) is 2. The number of rotatable bonds is 8. The summed E-state index contributed by atoms with van der Waals surface area (Å²) in [5.74, 6) is 0.208. The van der Waals surface area contributed by atoms with Crippen molar-refractivity contribution in [3.8, 4) is 0 Å². The van der Waals surface area contributed by atoms with E-state index in [2.05, 4.69) is 0 Å². The monoisotopic (exact) mass is 282 g/mol. The summed E-state index contributed by atoms with van der Waals surface area (Å²) < 4.78 is 0. The quantitative estimate of drug-likeness (QED) is 0.744. The predicted octanol–water partition coefficient (Wildman–Crippen LogP) is 3.21. The Hall–Kier alpha value is -1.06. The number of carbonyl (C=O) groups is 1. The van der Waals surface area contributed by atoms with Gasteiger partial charge in [0.15, 0.2) is 0 Å². The zero-order valence-corrected chi connectivity index (χ0v) is 12.3. The van der Waals surface area contributed by atoms with Crippen LogP contribution in [0.2, 0.25) is 5.02 Å². The predicted molar refractivity (Wildman–Crippen MR) is 80.1 cm³/mol. The Kier molecular flexibility index (Phi) is 7.53. The Morgan fingerprint density at radius 1 is 1.32 bits per heavy atom. The second-order valence-corrected chi connectivity index (χ2v) is 5.07. The average molecular weight is 283 g/mol. The Bertz CT molecular complexity index is 395. The first kappa shape index (κ1) is 16.0. The normalized spacial score (nSPS) is 10.5. The van der Waals surface area contributed by atoms with Crippen LogP contribution in [0.4, 0.5) is 0 Å². The molecule has 106 valence electrons. The van der Waals surface area contributed by atoms with Crippen LogP contribution < -0.4 is 5.73 Å². The standard InChI is InChI=1S/C15H23ClN2O/c1-2-18(15(19)9-4-3-5-10-17)12-13-7-6-8-14(16)11-13/h6-8,11H,2-5,9-10,12,17H2,1H3. The van der Waals surface area contributed by atoms with Gasteiger partial charge in [-0.05, 0) is 44.0 Å². The zero-order chi connectivity index (χ0) is 14.1. The molecule has 0 aliphatic heterocycles. The number of carbonyl (C=O) groups excluding carboxylic acids is 1. The lowest BCUT2D eigenvalue weighted by Gasteiger charge is -2.21. The highest BCUT2D eigenvalue weighted by molar-refractivity contribution is 6.30. The molecule has 1 aromatic carbocycles. The summed E-state index contributed by atoms with van der Waals surface area (Å²) in [6, 6.07) is 7.66. The molecule has 19 heavy (non-hydrogen) atoms. The molecule has 0 aliphatic carbocycles. The summed E-state index contributed by atoms with van der Waals surface area (Å²) >= 11 is 5.95. The van der Waals surface area contributed by atoms with Crippen molar-refractivity contribution in [3.63, 3.8) is 0 Å². The molecule has 0 aliphatic rings. The fourth-order valence-corrected chi connectivity index (χ4v) is 2.20. The van der Waals surface area contributed by atoms with Crippen LogP contribution in [0.1, 0.15) is 38.2 Å². The number of benzene rings is 1. The van der Waals surface area contributed by atoms with Crippen LogP contribution in [0, 0.1) is 0 Å². The third-order valence-electron chi connectivity index (χ3n) is 3.09. The molecule has 0 saturated heterocycles. The Morgan fingerprint density at radius 2 is 2.11 bits per heavy atom. The van der Waals surface area contributed by atoms with E-state index in [0.717, 1.165) is 31.4 Å². The van der Waals surface area contributed by atoms with Gasteiger partial charge in [-0.2, -0.15) is 0 Å². The van der Waals surface area contributed by atoms with Gasteiger partial charge in [-0.25, -0.2) is 0 Å². The van der Waals surface area contributed by atoms with Crippen LogP contribution in [0.3, 0.4) is 0 Å². The highest BCUT2D eigenvalue weighted by Crippen LogP contribution is 2.13. The van der Waals surface area contributed by atoms with Crippen LogP contribution in [0.25, 0.3) is 0 Å². The van der Waals surface area contributed by atoms with Crippen molar-refractivity contribution < 1.29 is 4.79 Å². The molecule has 0 aromatic heterocycles. The van der Waals surface area contributed by atoms with Gasteiger partial charge in [0.2, 0.25) is 5.91 Å². The third kappa shape index (κ3) is 6.08. The maximum atomic E-state index is 12.1. The fraction of sp³-hybridized carbons (Fsp3) is 0.533. The molecule has 2 N–H and O–H groups in total. The zero-order valence-electron chi connectivity index (χ0n) is 11.6. The SMILES string of the molecule is CCN(Cc1cccc(Cl)c1)C(=O)CCCCCN. The van der Waals surface area contributed by atoms with E-state index in [1.807, 2.05) is 36.1 Å². The Morgan fingerprint density at radius 3 is 2.74 bits per heavy atom. The molecule has 0 radical (unpaired) electrons. The molecule has 1 rings (SSSR count). The molecule has 0 bridgehead atoms. The van der Waals surface area contributed by atoms with Crippen LogP contribution in [-0.4, -0.2) is 23.9 Å². The van der Waals surface area contributed by atoms with Crippen molar-refractivity contribution in [2.45, 2.75) is 39.2 Å². The lowest BCUT2D eigenvalue weighted by molar-refractivity contribution is -0.131. The largest absolute Gasteiger partial charge is 0.339 e. The molecule has 0 heterocycles. The lowest BCUT2D eigenvalue weighted by Crippen LogP contribution is -2.30. The van der Waals surface area contributed by atoms with E-state index < -0.39 is 0 Å². The van der Waals surface area contributed by atoms with Gasteiger partial charge in [0.25, 0.3) is 0 Å². The van der Waals surface area contributed by atoms with Crippen LogP contribution in [0.15, 0.2) is 24.3 Å². The van der Waals surface area contributed by atoms with Gasteiger partial charge < -0.3 is 10.6 Å².